The van der Waals surface area contributed by atoms with E-state index >= 15 is 0 Å². The van der Waals surface area contributed by atoms with Crippen LogP contribution in [0.2, 0.25) is 0 Å². The molecule has 3 rings (SSSR count). The summed E-state index contributed by atoms with van der Waals surface area (Å²) in [7, 11) is 0. The van der Waals surface area contributed by atoms with Crippen molar-refractivity contribution < 1.29 is 4.79 Å². The van der Waals surface area contributed by atoms with E-state index < -0.39 is 0 Å². The van der Waals surface area contributed by atoms with Crippen LogP contribution in [-0.4, -0.2) is 15.9 Å². The summed E-state index contributed by atoms with van der Waals surface area (Å²) in [6, 6.07) is 13.5. The SMILES string of the molecule is Cc1cc(C)cc(Nc2cnc(C(=O)Nc3ccc(Br)cc3)cn2)c1. The highest BCUT2D eigenvalue weighted by Gasteiger charge is 2.09. The molecule has 1 heterocycles. The maximum atomic E-state index is 12.2. The van der Waals surface area contributed by atoms with Crippen molar-refractivity contribution in [3.63, 3.8) is 0 Å². The average molecular weight is 397 g/mol. The standard InChI is InChI=1S/C19H17BrN4O/c1-12-7-13(2)9-16(8-12)23-18-11-21-17(10-22-18)19(25)24-15-5-3-14(20)4-6-15/h3-11H,1-2H3,(H,22,23)(H,24,25). The summed E-state index contributed by atoms with van der Waals surface area (Å²) in [5.41, 5.74) is 4.24. The Hall–Kier alpha value is -2.73. The molecule has 6 heteroatoms. The molecule has 25 heavy (non-hydrogen) atoms. The summed E-state index contributed by atoms with van der Waals surface area (Å²) in [6.07, 6.45) is 3.01. The molecule has 0 bridgehead atoms. The van der Waals surface area contributed by atoms with E-state index in [0.29, 0.717) is 11.5 Å². The molecule has 3 aromatic rings. The minimum atomic E-state index is -0.298. The molecule has 1 aromatic heterocycles. The number of hydrogen-bond donors (Lipinski definition) is 2. The monoisotopic (exact) mass is 396 g/mol. The second-order valence-corrected chi connectivity index (χ2v) is 6.66. The van der Waals surface area contributed by atoms with Gasteiger partial charge in [-0.15, -0.1) is 0 Å². The third kappa shape index (κ3) is 4.64. The van der Waals surface area contributed by atoms with Gasteiger partial charge in [0.15, 0.2) is 0 Å². The lowest BCUT2D eigenvalue weighted by Crippen LogP contribution is -2.14. The zero-order valence-electron chi connectivity index (χ0n) is 13.9. The summed E-state index contributed by atoms with van der Waals surface area (Å²) in [5.74, 6) is 0.290. The zero-order valence-corrected chi connectivity index (χ0v) is 15.5. The number of carbonyl (C=O) groups is 1. The summed E-state index contributed by atoms with van der Waals surface area (Å²) in [4.78, 5) is 20.7. The molecule has 0 atom stereocenters. The molecule has 2 N–H and O–H groups in total. The first-order valence-electron chi connectivity index (χ1n) is 7.74. The van der Waals surface area contributed by atoms with Crippen molar-refractivity contribution in [1.82, 2.24) is 9.97 Å². The van der Waals surface area contributed by atoms with E-state index in [9.17, 15) is 4.79 Å². The van der Waals surface area contributed by atoms with Crippen LogP contribution in [0.4, 0.5) is 17.2 Å². The van der Waals surface area contributed by atoms with E-state index in [-0.39, 0.29) is 11.6 Å². The molecule has 0 radical (unpaired) electrons. The molecule has 0 saturated carbocycles. The number of halogens is 1. The molecule has 5 nitrogen and oxygen atoms in total. The number of aryl methyl sites for hydroxylation is 2. The van der Waals surface area contributed by atoms with Gasteiger partial charge in [-0.25, -0.2) is 9.97 Å². The minimum Gasteiger partial charge on any atom is -0.339 e. The first kappa shape index (κ1) is 17.1. The molecular formula is C19H17BrN4O. The van der Waals surface area contributed by atoms with E-state index in [2.05, 4.69) is 42.6 Å². The molecule has 0 saturated heterocycles. The number of rotatable bonds is 4. The Kier molecular flexibility index (Phi) is 5.09. The first-order valence-corrected chi connectivity index (χ1v) is 8.53. The number of carbonyl (C=O) groups excluding carboxylic acids is 1. The average Bonchev–Trinajstić information content (AvgIpc) is 2.56. The van der Waals surface area contributed by atoms with Gasteiger partial charge in [-0.2, -0.15) is 0 Å². The fourth-order valence-corrected chi connectivity index (χ4v) is 2.70. The van der Waals surface area contributed by atoms with Gasteiger partial charge in [0.2, 0.25) is 0 Å². The van der Waals surface area contributed by atoms with Crippen molar-refractivity contribution >= 4 is 39.0 Å². The van der Waals surface area contributed by atoms with Crippen molar-refractivity contribution in [2.24, 2.45) is 0 Å². The van der Waals surface area contributed by atoms with Crippen LogP contribution in [0, 0.1) is 13.8 Å². The second kappa shape index (κ2) is 7.44. The molecule has 0 aliphatic heterocycles. The van der Waals surface area contributed by atoms with Gasteiger partial charge in [-0.3, -0.25) is 4.79 Å². The Morgan fingerprint density at radius 1 is 0.920 bits per heavy atom. The summed E-state index contributed by atoms with van der Waals surface area (Å²) in [5, 5.41) is 5.98. The number of benzene rings is 2. The largest absolute Gasteiger partial charge is 0.339 e. The van der Waals surface area contributed by atoms with Gasteiger partial charge >= 0.3 is 0 Å². The van der Waals surface area contributed by atoms with Crippen LogP contribution in [0.25, 0.3) is 0 Å². The van der Waals surface area contributed by atoms with Crippen molar-refractivity contribution in [3.05, 3.63) is 76.2 Å². The van der Waals surface area contributed by atoms with Crippen LogP contribution >= 0.6 is 15.9 Å². The third-order valence-electron chi connectivity index (χ3n) is 3.48. The normalized spacial score (nSPS) is 10.4. The Balaban J connectivity index is 1.68. The van der Waals surface area contributed by atoms with Crippen LogP contribution in [0.1, 0.15) is 21.6 Å². The highest BCUT2D eigenvalue weighted by atomic mass is 79.9. The maximum absolute atomic E-state index is 12.2. The number of aromatic nitrogens is 2. The van der Waals surface area contributed by atoms with Crippen molar-refractivity contribution in [2.45, 2.75) is 13.8 Å². The predicted molar refractivity (Wildman–Crippen MR) is 103 cm³/mol. The smallest absolute Gasteiger partial charge is 0.275 e. The van der Waals surface area contributed by atoms with E-state index in [4.69, 9.17) is 0 Å². The van der Waals surface area contributed by atoms with Gasteiger partial charge in [-0.05, 0) is 61.4 Å². The van der Waals surface area contributed by atoms with Crippen LogP contribution in [0.5, 0.6) is 0 Å². The van der Waals surface area contributed by atoms with E-state index in [1.54, 1.807) is 6.20 Å². The molecule has 1 amide bonds. The molecule has 2 aromatic carbocycles. The van der Waals surface area contributed by atoms with Crippen molar-refractivity contribution in [1.29, 1.82) is 0 Å². The fourth-order valence-electron chi connectivity index (χ4n) is 2.43. The minimum absolute atomic E-state index is 0.258. The second-order valence-electron chi connectivity index (χ2n) is 5.75. The Morgan fingerprint density at radius 3 is 2.20 bits per heavy atom. The van der Waals surface area contributed by atoms with Gasteiger partial charge in [-0.1, -0.05) is 22.0 Å². The topological polar surface area (TPSA) is 66.9 Å². The molecule has 0 fully saturated rings. The van der Waals surface area contributed by atoms with E-state index in [1.807, 2.05) is 50.2 Å². The third-order valence-corrected chi connectivity index (χ3v) is 4.01. The molecular weight excluding hydrogens is 380 g/mol. The maximum Gasteiger partial charge on any atom is 0.275 e. The van der Waals surface area contributed by atoms with Crippen LogP contribution < -0.4 is 10.6 Å². The predicted octanol–water partition coefficient (Wildman–Crippen LogP) is 4.85. The molecule has 0 unspecified atom stereocenters. The lowest BCUT2D eigenvalue weighted by atomic mass is 10.1. The Morgan fingerprint density at radius 2 is 1.60 bits per heavy atom. The summed E-state index contributed by atoms with van der Waals surface area (Å²) >= 11 is 3.36. The van der Waals surface area contributed by atoms with Crippen LogP contribution in [-0.2, 0) is 0 Å². The number of nitrogens with one attached hydrogen (secondary N) is 2. The molecule has 0 spiro atoms. The lowest BCUT2D eigenvalue weighted by Gasteiger charge is -2.08. The number of anilines is 3. The van der Waals surface area contributed by atoms with Gasteiger partial charge in [0.25, 0.3) is 5.91 Å². The van der Waals surface area contributed by atoms with E-state index in [0.717, 1.165) is 10.2 Å². The van der Waals surface area contributed by atoms with Crippen LogP contribution in [0.3, 0.4) is 0 Å². The Labute approximate surface area is 154 Å². The summed E-state index contributed by atoms with van der Waals surface area (Å²) in [6.45, 7) is 4.08. The quantitative estimate of drug-likeness (QED) is 0.661. The number of amides is 1. The lowest BCUT2D eigenvalue weighted by molar-refractivity contribution is 0.102. The van der Waals surface area contributed by atoms with E-state index in [1.165, 1.54) is 17.3 Å². The van der Waals surface area contributed by atoms with Gasteiger partial charge in [0.1, 0.15) is 11.5 Å². The highest BCUT2D eigenvalue weighted by molar-refractivity contribution is 9.10. The molecule has 0 aliphatic carbocycles. The first-order chi connectivity index (χ1) is 12.0. The fraction of sp³-hybridized carbons (Fsp3) is 0.105. The number of hydrogen-bond acceptors (Lipinski definition) is 4. The van der Waals surface area contributed by atoms with Crippen LogP contribution in [0.15, 0.2) is 59.3 Å². The summed E-state index contributed by atoms with van der Waals surface area (Å²) < 4.78 is 0.951. The van der Waals surface area contributed by atoms with Gasteiger partial charge in [0, 0.05) is 15.8 Å². The molecule has 126 valence electrons. The van der Waals surface area contributed by atoms with Crippen molar-refractivity contribution in [3.8, 4) is 0 Å². The van der Waals surface area contributed by atoms with Gasteiger partial charge < -0.3 is 10.6 Å². The molecule has 0 aliphatic rings. The highest BCUT2D eigenvalue weighted by Crippen LogP contribution is 2.18. The Bertz CT molecular complexity index is 872. The van der Waals surface area contributed by atoms with Gasteiger partial charge in [0.05, 0.1) is 12.4 Å². The number of nitrogens with zero attached hydrogens (tertiary/aromatic N) is 2. The van der Waals surface area contributed by atoms with Crippen molar-refractivity contribution in [2.75, 3.05) is 10.6 Å². The zero-order chi connectivity index (χ0) is 17.8.